The van der Waals surface area contributed by atoms with Crippen LogP contribution in [-0.2, 0) is 4.74 Å². The molecule has 0 unspecified atom stereocenters. The third-order valence-corrected chi connectivity index (χ3v) is 2.43. The topological polar surface area (TPSA) is 22.1 Å². The van der Waals surface area contributed by atoms with E-state index in [0.717, 1.165) is 0 Å². The van der Waals surface area contributed by atoms with Crippen molar-refractivity contribution in [1.29, 1.82) is 0 Å². The average Bonchev–Trinajstić information content (AvgIpc) is 2.11. The lowest BCUT2D eigenvalue weighted by molar-refractivity contribution is 0.298. The van der Waals surface area contributed by atoms with Crippen molar-refractivity contribution < 1.29 is 4.74 Å². The van der Waals surface area contributed by atoms with Crippen LogP contribution in [-0.4, -0.2) is 11.6 Å². The number of aromatic nitrogens is 1. The number of nitrogens with zero attached hydrogens (tertiary/aromatic N) is 1. The average molecular weight is 253 g/mol. The highest BCUT2D eigenvalue weighted by Crippen LogP contribution is 2.29. The molecule has 0 aliphatic rings. The van der Waals surface area contributed by atoms with E-state index in [2.05, 4.69) is 11.6 Å². The first kappa shape index (κ1) is 11.6. The molecule has 0 aliphatic carbocycles. The monoisotopic (exact) mass is 251 g/mol. The number of rotatable bonds is 3. The molecule has 1 rings (SSSR count). The summed E-state index contributed by atoms with van der Waals surface area (Å²) in [5.41, 5.74) is 0.419. The first-order valence-electron chi connectivity index (χ1n) is 3.89. The van der Waals surface area contributed by atoms with Crippen LogP contribution >= 0.6 is 34.8 Å². The van der Waals surface area contributed by atoms with Crippen LogP contribution in [0.15, 0.2) is 12.6 Å². The minimum atomic E-state index is 0.187. The largest absolute Gasteiger partial charge is 0.492 e. The van der Waals surface area contributed by atoms with Crippen molar-refractivity contribution in [3.63, 3.8) is 0 Å². The molecule has 14 heavy (non-hydrogen) atoms. The van der Waals surface area contributed by atoms with E-state index in [4.69, 9.17) is 39.5 Å². The van der Waals surface area contributed by atoms with Gasteiger partial charge >= 0.3 is 0 Å². The SMILES string of the molecule is C=C(OCC)c1nc(Cl)c(Cl)cc1Cl. The van der Waals surface area contributed by atoms with Crippen LogP contribution < -0.4 is 0 Å². The van der Waals surface area contributed by atoms with Crippen molar-refractivity contribution >= 4 is 40.6 Å². The first-order chi connectivity index (χ1) is 6.56. The molecular weight excluding hydrogens is 244 g/mol. The third kappa shape index (κ3) is 2.53. The van der Waals surface area contributed by atoms with Gasteiger partial charge in [-0.3, -0.25) is 0 Å². The summed E-state index contributed by atoms with van der Waals surface area (Å²) >= 11 is 17.3. The summed E-state index contributed by atoms with van der Waals surface area (Å²) in [5, 5.41) is 0.870. The predicted molar refractivity (Wildman–Crippen MR) is 59.9 cm³/mol. The molecule has 0 amide bonds. The minimum Gasteiger partial charge on any atom is -0.492 e. The maximum Gasteiger partial charge on any atom is 0.148 e. The Morgan fingerprint density at radius 3 is 2.64 bits per heavy atom. The van der Waals surface area contributed by atoms with Gasteiger partial charge in [0.1, 0.15) is 16.6 Å². The molecule has 2 nitrogen and oxygen atoms in total. The van der Waals surface area contributed by atoms with Gasteiger partial charge in [0.25, 0.3) is 0 Å². The van der Waals surface area contributed by atoms with Gasteiger partial charge in [-0.1, -0.05) is 41.4 Å². The minimum absolute atomic E-state index is 0.187. The maximum atomic E-state index is 5.89. The van der Waals surface area contributed by atoms with Crippen LogP contribution in [0.3, 0.4) is 0 Å². The lowest BCUT2D eigenvalue weighted by atomic mass is 10.3. The number of halogens is 3. The predicted octanol–water partition coefficient (Wildman–Crippen LogP) is 4.05. The van der Waals surface area contributed by atoms with Crippen LogP contribution in [0, 0.1) is 0 Å². The Kier molecular flexibility index (Phi) is 4.05. The highest BCUT2D eigenvalue weighted by molar-refractivity contribution is 6.42. The summed E-state index contributed by atoms with van der Waals surface area (Å²) in [4.78, 5) is 3.97. The molecule has 0 fully saturated rings. The molecule has 76 valence electrons. The molecule has 0 N–H and O–H groups in total. The quantitative estimate of drug-likeness (QED) is 0.598. The second-order valence-corrected chi connectivity index (χ2v) is 3.62. The van der Waals surface area contributed by atoms with Crippen molar-refractivity contribution in [1.82, 2.24) is 4.98 Å². The van der Waals surface area contributed by atoms with Gasteiger partial charge in [0.15, 0.2) is 0 Å². The fourth-order valence-electron chi connectivity index (χ4n) is 0.882. The Morgan fingerprint density at radius 2 is 2.07 bits per heavy atom. The van der Waals surface area contributed by atoms with Gasteiger partial charge in [0.2, 0.25) is 0 Å². The molecule has 0 saturated carbocycles. The molecule has 1 heterocycles. The molecule has 0 spiro atoms. The molecular formula is C9H8Cl3NO. The summed E-state index contributed by atoms with van der Waals surface area (Å²) in [7, 11) is 0. The van der Waals surface area contributed by atoms with E-state index in [1.54, 1.807) is 0 Å². The fourth-order valence-corrected chi connectivity index (χ4v) is 1.49. The Morgan fingerprint density at radius 1 is 1.43 bits per heavy atom. The lowest BCUT2D eigenvalue weighted by Crippen LogP contribution is -1.95. The third-order valence-electron chi connectivity index (χ3n) is 1.47. The molecule has 0 atom stereocenters. The van der Waals surface area contributed by atoms with Gasteiger partial charge in [0, 0.05) is 0 Å². The van der Waals surface area contributed by atoms with E-state index < -0.39 is 0 Å². The van der Waals surface area contributed by atoms with Gasteiger partial charge in [-0.25, -0.2) is 4.98 Å². The van der Waals surface area contributed by atoms with Crippen LogP contribution in [0.25, 0.3) is 5.76 Å². The van der Waals surface area contributed by atoms with Crippen molar-refractivity contribution in [3.8, 4) is 0 Å². The summed E-state index contributed by atoms with van der Waals surface area (Å²) in [5.74, 6) is 0.385. The van der Waals surface area contributed by atoms with Gasteiger partial charge in [-0.15, -0.1) is 0 Å². The van der Waals surface area contributed by atoms with Crippen molar-refractivity contribution in [2.24, 2.45) is 0 Å². The standard InChI is InChI=1S/C9H8Cl3NO/c1-3-14-5(2)8-6(10)4-7(11)9(12)13-8/h4H,2-3H2,1H3. The van der Waals surface area contributed by atoms with E-state index in [0.29, 0.717) is 28.1 Å². The zero-order valence-corrected chi connectivity index (χ0v) is 9.75. The van der Waals surface area contributed by atoms with Crippen molar-refractivity contribution in [3.05, 3.63) is 33.5 Å². The zero-order chi connectivity index (χ0) is 10.7. The van der Waals surface area contributed by atoms with E-state index in [1.807, 2.05) is 6.92 Å². The number of ether oxygens (including phenoxy) is 1. The summed E-state index contributed by atoms with van der Waals surface area (Å²) < 4.78 is 5.16. The molecule has 0 radical (unpaired) electrons. The summed E-state index contributed by atoms with van der Waals surface area (Å²) in [6.45, 7) is 6.02. The van der Waals surface area contributed by atoms with Crippen LogP contribution in [0.2, 0.25) is 15.2 Å². The molecule has 0 aromatic carbocycles. The van der Waals surface area contributed by atoms with E-state index in [-0.39, 0.29) is 5.15 Å². The van der Waals surface area contributed by atoms with Gasteiger partial charge in [-0.05, 0) is 13.0 Å². The number of hydrogen-bond acceptors (Lipinski definition) is 2. The normalized spacial score (nSPS) is 10.0. The first-order valence-corrected chi connectivity index (χ1v) is 5.03. The molecule has 1 aromatic heterocycles. The summed E-state index contributed by atoms with van der Waals surface area (Å²) in [6.07, 6.45) is 0. The van der Waals surface area contributed by atoms with Crippen molar-refractivity contribution in [2.45, 2.75) is 6.92 Å². The molecule has 0 bridgehead atoms. The van der Waals surface area contributed by atoms with E-state index in [9.17, 15) is 0 Å². The molecule has 5 heteroatoms. The number of pyridine rings is 1. The highest BCUT2D eigenvalue weighted by Gasteiger charge is 2.11. The van der Waals surface area contributed by atoms with Crippen LogP contribution in [0.5, 0.6) is 0 Å². The van der Waals surface area contributed by atoms with Gasteiger partial charge < -0.3 is 4.74 Å². The van der Waals surface area contributed by atoms with E-state index in [1.165, 1.54) is 6.07 Å². The zero-order valence-electron chi connectivity index (χ0n) is 7.48. The van der Waals surface area contributed by atoms with Gasteiger partial charge in [-0.2, -0.15) is 0 Å². The van der Waals surface area contributed by atoms with Crippen molar-refractivity contribution in [2.75, 3.05) is 6.61 Å². The van der Waals surface area contributed by atoms with Crippen LogP contribution in [0.1, 0.15) is 12.6 Å². The maximum absolute atomic E-state index is 5.89. The van der Waals surface area contributed by atoms with Gasteiger partial charge in [0.05, 0.1) is 16.7 Å². The van der Waals surface area contributed by atoms with Crippen LogP contribution in [0.4, 0.5) is 0 Å². The Bertz CT molecular complexity index is 365. The number of hydrogen-bond donors (Lipinski definition) is 0. The molecule has 0 saturated heterocycles. The Labute approximate surface area is 97.4 Å². The Hall–Kier alpha value is -0.440. The smallest absolute Gasteiger partial charge is 0.148 e. The highest BCUT2D eigenvalue weighted by atomic mass is 35.5. The second kappa shape index (κ2) is 4.87. The fraction of sp³-hybridized carbons (Fsp3) is 0.222. The van der Waals surface area contributed by atoms with E-state index >= 15 is 0 Å². The molecule has 0 aliphatic heterocycles. The Balaban J connectivity index is 3.09. The lowest BCUT2D eigenvalue weighted by Gasteiger charge is -2.08. The summed E-state index contributed by atoms with van der Waals surface area (Å²) in [6, 6.07) is 1.51. The second-order valence-electron chi connectivity index (χ2n) is 2.45. The molecule has 1 aromatic rings.